The number of fused-ring (bicyclic) bond motifs is 1. The number of rotatable bonds is 9. The number of nitrogens with one attached hydrogen (secondary N) is 4. The van der Waals surface area contributed by atoms with Crippen LogP contribution in [0.1, 0.15) is 80.3 Å². The second kappa shape index (κ2) is 16.4. The van der Waals surface area contributed by atoms with Gasteiger partial charge in [-0.2, -0.15) is 0 Å². The smallest absolute Gasteiger partial charge is 0.407 e. The molecule has 3 amide bonds. The lowest BCUT2D eigenvalue weighted by Gasteiger charge is -2.31. The van der Waals surface area contributed by atoms with Gasteiger partial charge in [0.1, 0.15) is 23.5 Å². The summed E-state index contributed by atoms with van der Waals surface area (Å²) in [6.45, 7) is 5.00. The summed E-state index contributed by atoms with van der Waals surface area (Å²) in [6.07, 6.45) is 9.76. The van der Waals surface area contributed by atoms with E-state index in [1.807, 2.05) is 37.3 Å². The Balaban J connectivity index is 0.878. The van der Waals surface area contributed by atoms with Crippen LogP contribution in [0.25, 0.3) is 44.5 Å². The number of ether oxygens (including phenoxy) is 2. The molecule has 61 heavy (non-hydrogen) atoms. The lowest BCUT2D eigenvalue weighted by Crippen LogP contribution is -2.51. The number of alkyl carbamates (subject to hydrolysis) is 2. The monoisotopic (exact) mass is 823 g/mol. The molecule has 4 N–H and O–H groups in total. The van der Waals surface area contributed by atoms with Gasteiger partial charge in [0.25, 0.3) is 0 Å². The molecule has 0 spiro atoms. The number of H-pyrrole nitrogens is 2. The zero-order valence-electron chi connectivity index (χ0n) is 34.6. The molecule has 0 bridgehead atoms. The summed E-state index contributed by atoms with van der Waals surface area (Å²) in [7, 11) is 2.63. The molecule has 1 aliphatic carbocycles. The van der Waals surface area contributed by atoms with E-state index in [9.17, 15) is 19.2 Å². The third kappa shape index (κ3) is 7.64. The Kier molecular flexibility index (Phi) is 10.6. The highest BCUT2D eigenvalue weighted by Crippen LogP contribution is 2.40. The van der Waals surface area contributed by atoms with Crippen LogP contribution < -0.4 is 10.6 Å². The van der Waals surface area contributed by atoms with Crippen LogP contribution in [0.3, 0.4) is 0 Å². The SMILES string of the molecule is COC(=O)N[C@H]1CCc2ccn3c2C1C(=O)C[C@H](c1ncc(-c2cnc4cc(-c5ccc(-c6cnc([C@@H]7CCCN7C(=O)[C@@H](NC(=O)OC)C(C)C)[nH]6)cc5)ccc4c2)[nH]1)C3. The number of aromatic amines is 2. The summed E-state index contributed by atoms with van der Waals surface area (Å²) >= 11 is 0. The fourth-order valence-corrected chi connectivity index (χ4v) is 9.37. The van der Waals surface area contributed by atoms with Crippen molar-refractivity contribution in [1.29, 1.82) is 0 Å². The molecule has 0 radical (unpaired) electrons. The maximum Gasteiger partial charge on any atom is 0.407 e. The zero-order chi connectivity index (χ0) is 42.4. The van der Waals surface area contributed by atoms with Gasteiger partial charge in [-0.15, -0.1) is 0 Å². The molecule has 15 nitrogen and oxygen atoms in total. The first-order valence-electron chi connectivity index (χ1n) is 20.9. The molecule has 1 fully saturated rings. The summed E-state index contributed by atoms with van der Waals surface area (Å²) in [5.74, 6) is 0.718. The number of nitrogens with zero attached hydrogens (tertiary/aromatic N) is 5. The fourth-order valence-electron chi connectivity index (χ4n) is 9.37. The number of amides is 3. The number of carbonyl (C=O) groups excluding carboxylic acids is 4. The first kappa shape index (κ1) is 39.7. The second-order valence-electron chi connectivity index (χ2n) is 16.6. The molecular weight excluding hydrogens is 775 g/mol. The van der Waals surface area contributed by atoms with Crippen molar-refractivity contribution < 1.29 is 28.7 Å². The summed E-state index contributed by atoms with van der Waals surface area (Å²) in [5.41, 5.74) is 8.63. The van der Waals surface area contributed by atoms with Crippen LogP contribution >= 0.6 is 0 Å². The van der Waals surface area contributed by atoms with E-state index >= 15 is 0 Å². The average molecular weight is 824 g/mol. The van der Waals surface area contributed by atoms with Gasteiger partial charge >= 0.3 is 12.2 Å². The molecule has 5 atom stereocenters. The van der Waals surface area contributed by atoms with Gasteiger partial charge in [0, 0.05) is 60.5 Å². The number of Topliss-reactive ketones (excluding diaryl/α,β-unsaturated/α-hetero) is 1. The highest BCUT2D eigenvalue weighted by molar-refractivity contribution is 5.90. The first-order chi connectivity index (χ1) is 29.6. The van der Waals surface area contributed by atoms with Gasteiger partial charge in [0.05, 0.1) is 55.5 Å². The molecule has 1 unspecified atom stereocenters. The minimum Gasteiger partial charge on any atom is -0.453 e. The van der Waals surface area contributed by atoms with Crippen LogP contribution in [0.15, 0.2) is 79.4 Å². The number of likely N-dealkylation sites (tertiary alicyclic amines) is 1. The second-order valence-corrected chi connectivity index (χ2v) is 16.6. The van der Waals surface area contributed by atoms with Crippen molar-refractivity contribution in [3.8, 4) is 33.6 Å². The Labute approximate surface area is 352 Å². The molecule has 6 heterocycles. The summed E-state index contributed by atoms with van der Waals surface area (Å²) < 4.78 is 11.8. The van der Waals surface area contributed by atoms with E-state index < -0.39 is 24.1 Å². The first-order valence-corrected chi connectivity index (χ1v) is 20.9. The van der Waals surface area contributed by atoms with Crippen molar-refractivity contribution in [2.24, 2.45) is 5.92 Å². The Morgan fingerprint density at radius 2 is 1.54 bits per heavy atom. The maximum atomic E-state index is 13.8. The number of carbonyl (C=O) groups is 4. The molecule has 2 aromatic carbocycles. The maximum absolute atomic E-state index is 13.8. The Bertz CT molecular complexity index is 2630. The van der Waals surface area contributed by atoms with Gasteiger partial charge in [0.2, 0.25) is 5.91 Å². The molecule has 9 rings (SSSR count). The van der Waals surface area contributed by atoms with Crippen molar-refractivity contribution in [1.82, 2.24) is 45.0 Å². The molecule has 0 saturated carbocycles. The van der Waals surface area contributed by atoms with E-state index in [4.69, 9.17) is 19.4 Å². The number of imidazole rings is 2. The molecule has 314 valence electrons. The van der Waals surface area contributed by atoms with Gasteiger partial charge in [-0.25, -0.2) is 19.6 Å². The van der Waals surface area contributed by atoms with E-state index in [1.54, 1.807) is 6.20 Å². The Hall–Kier alpha value is -6.77. The number of pyridine rings is 1. The van der Waals surface area contributed by atoms with Gasteiger partial charge in [-0.1, -0.05) is 50.2 Å². The number of aromatic nitrogens is 6. The zero-order valence-corrected chi connectivity index (χ0v) is 34.6. The van der Waals surface area contributed by atoms with E-state index in [0.29, 0.717) is 25.9 Å². The highest BCUT2D eigenvalue weighted by Gasteiger charge is 2.42. The van der Waals surface area contributed by atoms with Gasteiger partial charge < -0.3 is 39.5 Å². The van der Waals surface area contributed by atoms with E-state index in [0.717, 1.165) is 86.7 Å². The van der Waals surface area contributed by atoms with Crippen molar-refractivity contribution in [3.05, 3.63) is 102 Å². The van der Waals surface area contributed by atoms with Crippen molar-refractivity contribution in [2.45, 2.75) is 82.5 Å². The quantitative estimate of drug-likeness (QED) is 0.119. The molecule has 3 aliphatic rings. The number of ketones is 1. The number of benzene rings is 2. The van der Waals surface area contributed by atoms with E-state index in [-0.39, 0.29) is 35.6 Å². The molecule has 4 aromatic heterocycles. The summed E-state index contributed by atoms with van der Waals surface area (Å²) in [4.78, 5) is 74.6. The minimum absolute atomic E-state index is 0.0878. The van der Waals surface area contributed by atoms with Crippen LogP contribution in [-0.2, 0) is 32.0 Å². The van der Waals surface area contributed by atoms with Crippen LogP contribution in [-0.4, -0.2) is 91.1 Å². The lowest BCUT2D eigenvalue weighted by molar-refractivity contribution is -0.135. The third-order valence-electron chi connectivity index (χ3n) is 12.6. The van der Waals surface area contributed by atoms with Crippen molar-refractivity contribution in [2.75, 3.05) is 20.8 Å². The van der Waals surface area contributed by atoms with Crippen LogP contribution in [0.5, 0.6) is 0 Å². The Morgan fingerprint density at radius 3 is 2.31 bits per heavy atom. The van der Waals surface area contributed by atoms with Gasteiger partial charge in [-0.05, 0) is 72.1 Å². The largest absolute Gasteiger partial charge is 0.453 e. The topological polar surface area (TPSA) is 189 Å². The fraction of sp³-hybridized carbons (Fsp3) is 0.370. The summed E-state index contributed by atoms with van der Waals surface area (Å²) in [6, 6.07) is 17.5. The molecule has 15 heteroatoms. The molecular formula is C46H49N9O6. The van der Waals surface area contributed by atoms with E-state index in [2.05, 4.69) is 84.7 Å². The van der Waals surface area contributed by atoms with Crippen LogP contribution in [0.2, 0.25) is 0 Å². The summed E-state index contributed by atoms with van der Waals surface area (Å²) in [5, 5.41) is 6.59. The normalized spacial score (nSPS) is 20.3. The number of aryl methyl sites for hydroxylation is 1. The number of hydrogen-bond acceptors (Lipinski definition) is 9. The Morgan fingerprint density at radius 1 is 0.820 bits per heavy atom. The predicted octanol–water partition coefficient (Wildman–Crippen LogP) is 7.04. The third-order valence-corrected chi connectivity index (χ3v) is 12.6. The highest BCUT2D eigenvalue weighted by atomic mass is 16.5. The lowest BCUT2D eigenvalue weighted by atomic mass is 9.79. The van der Waals surface area contributed by atoms with Crippen molar-refractivity contribution in [3.63, 3.8) is 0 Å². The molecule has 1 saturated heterocycles. The van der Waals surface area contributed by atoms with Crippen LogP contribution in [0.4, 0.5) is 9.59 Å². The van der Waals surface area contributed by atoms with Crippen LogP contribution in [0, 0.1) is 5.92 Å². The number of methoxy groups -OCH3 is 2. The van der Waals surface area contributed by atoms with E-state index in [1.165, 1.54) is 14.2 Å². The average Bonchev–Trinajstić information content (AvgIpc) is 4.11. The molecule has 2 aliphatic heterocycles. The van der Waals surface area contributed by atoms with Crippen molar-refractivity contribution >= 4 is 34.8 Å². The predicted molar refractivity (Wildman–Crippen MR) is 227 cm³/mol. The minimum atomic E-state index is -0.692. The standard InChI is InChI=1S/C46H49N9O6/c1-25(2)40(53-46(59)61-4)44(57)55-16-5-6-37(55)43-49-22-35(51-43)27-9-7-26(8-10-27)29-11-12-30-18-31(21-47-34(30)19-29)36-23-48-42(50-36)32-20-38(56)39-33(52-45(58)60-3)14-13-28-15-17-54(24-32)41(28)39/h7-12,15,17-19,21-23,25,32-33,37,39-40H,5-6,13-14,16,20,24H2,1-4H3,(H,48,50)(H,49,51)(H,52,58)(H,53,59)/t32-,33-,37-,39?,40-/m0/s1. The van der Waals surface area contributed by atoms with Gasteiger partial charge in [-0.3, -0.25) is 14.6 Å². The van der Waals surface area contributed by atoms with Gasteiger partial charge in [0.15, 0.2) is 0 Å². The number of hydrogen-bond donors (Lipinski definition) is 4. The molecule has 6 aromatic rings.